The first-order chi connectivity index (χ1) is 9.38. The maximum atomic E-state index is 5.69. The molecule has 0 aliphatic carbocycles. The van der Waals surface area contributed by atoms with Gasteiger partial charge in [0, 0.05) is 18.8 Å². The smallest absolute Gasteiger partial charge is 0.133 e. The zero-order valence-corrected chi connectivity index (χ0v) is 11.0. The fraction of sp³-hybridized carbons (Fsp3) is 0.312. The summed E-state index contributed by atoms with van der Waals surface area (Å²) in [6.07, 6.45) is 3.59. The highest BCUT2D eigenvalue weighted by molar-refractivity contribution is 5.64. The molecule has 3 rings (SSSR count). The highest BCUT2D eigenvalue weighted by atomic mass is 15.2. The average Bonchev–Trinajstić information content (AvgIpc) is 2.69. The van der Waals surface area contributed by atoms with Crippen molar-refractivity contribution in [2.45, 2.75) is 25.8 Å². The molecule has 0 saturated heterocycles. The van der Waals surface area contributed by atoms with Crippen LogP contribution in [0.1, 0.15) is 24.1 Å². The zero-order chi connectivity index (χ0) is 13.1. The summed E-state index contributed by atoms with van der Waals surface area (Å²) in [5.41, 5.74) is 9.35. The van der Waals surface area contributed by atoms with E-state index in [1.54, 1.807) is 0 Å². The molecule has 0 fully saturated rings. The molecular weight excluding hydrogens is 234 g/mol. The van der Waals surface area contributed by atoms with Gasteiger partial charge < -0.3 is 10.6 Å². The molecule has 2 heterocycles. The standard InChI is InChI=1S/C16H19N3/c17-12-14-8-5-10-16(18-14)19-11-4-3-7-13-6-1-2-9-15(13)19/h1-2,5-6,8-10H,3-4,7,11-12,17H2. The average molecular weight is 253 g/mol. The Labute approximate surface area is 114 Å². The van der Waals surface area contributed by atoms with Gasteiger partial charge in [0.2, 0.25) is 0 Å². The van der Waals surface area contributed by atoms with E-state index in [9.17, 15) is 0 Å². The Morgan fingerprint density at radius 1 is 1.05 bits per heavy atom. The first-order valence-corrected chi connectivity index (χ1v) is 6.90. The van der Waals surface area contributed by atoms with Gasteiger partial charge in [-0.05, 0) is 43.0 Å². The molecule has 0 unspecified atom stereocenters. The molecule has 0 atom stereocenters. The molecule has 1 aliphatic heterocycles. The first-order valence-electron chi connectivity index (χ1n) is 6.90. The molecule has 98 valence electrons. The van der Waals surface area contributed by atoms with Crippen molar-refractivity contribution in [1.82, 2.24) is 4.98 Å². The summed E-state index contributed by atoms with van der Waals surface area (Å²) < 4.78 is 0. The molecule has 2 aromatic rings. The lowest BCUT2D eigenvalue weighted by atomic mass is 10.1. The summed E-state index contributed by atoms with van der Waals surface area (Å²) in [7, 11) is 0. The van der Waals surface area contributed by atoms with Crippen LogP contribution in [-0.2, 0) is 13.0 Å². The van der Waals surface area contributed by atoms with Crippen LogP contribution in [-0.4, -0.2) is 11.5 Å². The van der Waals surface area contributed by atoms with Crippen LogP contribution in [0.2, 0.25) is 0 Å². The maximum absolute atomic E-state index is 5.69. The van der Waals surface area contributed by atoms with Crippen molar-refractivity contribution in [2.24, 2.45) is 5.73 Å². The van der Waals surface area contributed by atoms with E-state index < -0.39 is 0 Å². The lowest BCUT2D eigenvalue weighted by molar-refractivity contribution is 0.756. The number of nitrogens with zero attached hydrogens (tertiary/aromatic N) is 2. The summed E-state index contributed by atoms with van der Waals surface area (Å²) >= 11 is 0. The molecule has 3 nitrogen and oxygen atoms in total. The molecule has 2 N–H and O–H groups in total. The van der Waals surface area contributed by atoms with Crippen molar-refractivity contribution in [3.05, 3.63) is 53.7 Å². The maximum Gasteiger partial charge on any atom is 0.133 e. The Morgan fingerprint density at radius 3 is 2.84 bits per heavy atom. The van der Waals surface area contributed by atoms with Gasteiger partial charge in [0.25, 0.3) is 0 Å². The molecule has 1 aromatic carbocycles. The van der Waals surface area contributed by atoms with E-state index in [0.29, 0.717) is 6.54 Å². The molecule has 0 radical (unpaired) electrons. The summed E-state index contributed by atoms with van der Waals surface area (Å²) in [5.74, 6) is 1.01. The zero-order valence-electron chi connectivity index (χ0n) is 11.0. The third-order valence-electron chi connectivity index (χ3n) is 3.64. The van der Waals surface area contributed by atoms with E-state index in [1.165, 1.54) is 24.1 Å². The van der Waals surface area contributed by atoms with Gasteiger partial charge in [-0.1, -0.05) is 24.3 Å². The predicted octanol–water partition coefficient (Wildman–Crippen LogP) is 3.01. The minimum absolute atomic E-state index is 0.489. The van der Waals surface area contributed by atoms with Crippen LogP contribution in [0.5, 0.6) is 0 Å². The lowest BCUT2D eigenvalue weighted by Gasteiger charge is -2.24. The summed E-state index contributed by atoms with van der Waals surface area (Å²) in [4.78, 5) is 6.98. The van der Waals surface area contributed by atoms with Gasteiger partial charge in [0.15, 0.2) is 0 Å². The third kappa shape index (κ3) is 2.47. The predicted molar refractivity (Wildman–Crippen MR) is 78.5 cm³/mol. The van der Waals surface area contributed by atoms with Crippen molar-refractivity contribution >= 4 is 11.5 Å². The van der Waals surface area contributed by atoms with E-state index in [2.05, 4.69) is 40.2 Å². The highest BCUT2D eigenvalue weighted by Crippen LogP contribution is 2.31. The topological polar surface area (TPSA) is 42.1 Å². The van der Waals surface area contributed by atoms with Crippen LogP contribution in [0.15, 0.2) is 42.5 Å². The van der Waals surface area contributed by atoms with Crippen molar-refractivity contribution in [3.63, 3.8) is 0 Å². The normalized spacial score (nSPS) is 14.9. The molecule has 1 aliphatic rings. The van der Waals surface area contributed by atoms with Crippen LogP contribution < -0.4 is 10.6 Å². The van der Waals surface area contributed by atoms with Gasteiger partial charge in [-0.15, -0.1) is 0 Å². The van der Waals surface area contributed by atoms with Crippen molar-refractivity contribution < 1.29 is 0 Å². The highest BCUT2D eigenvalue weighted by Gasteiger charge is 2.17. The molecule has 0 amide bonds. The Bertz CT molecular complexity index is 565. The fourth-order valence-corrected chi connectivity index (χ4v) is 2.66. The van der Waals surface area contributed by atoms with Crippen LogP contribution in [0.4, 0.5) is 11.5 Å². The first kappa shape index (κ1) is 12.2. The van der Waals surface area contributed by atoms with Crippen LogP contribution in [0.3, 0.4) is 0 Å². The molecule has 0 saturated carbocycles. The Kier molecular flexibility index (Phi) is 3.47. The van der Waals surface area contributed by atoms with Gasteiger partial charge >= 0.3 is 0 Å². The second-order valence-corrected chi connectivity index (χ2v) is 4.93. The number of pyridine rings is 1. The Hall–Kier alpha value is -1.87. The number of rotatable bonds is 2. The number of aromatic nitrogens is 1. The molecular formula is C16H19N3. The number of fused-ring (bicyclic) bond motifs is 1. The number of para-hydroxylation sites is 1. The Balaban J connectivity index is 2.03. The minimum atomic E-state index is 0.489. The van der Waals surface area contributed by atoms with E-state index in [1.807, 2.05) is 12.1 Å². The molecule has 3 heteroatoms. The number of nitrogens with two attached hydrogens (primary N) is 1. The van der Waals surface area contributed by atoms with Crippen molar-refractivity contribution in [1.29, 1.82) is 0 Å². The second-order valence-electron chi connectivity index (χ2n) is 4.93. The fourth-order valence-electron chi connectivity index (χ4n) is 2.66. The third-order valence-corrected chi connectivity index (χ3v) is 3.64. The summed E-state index contributed by atoms with van der Waals surface area (Å²) in [6, 6.07) is 14.7. The quantitative estimate of drug-likeness (QED) is 0.894. The molecule has 0 bridgehead atoms. The van der Waals surface area contributed by atoms with Gasteiger partial charge in [-0.3, -0.25) is 0 Å². The summed E-state index contributed by atoms with van der Waals surface area (Å²) in [5, 5.41) is 0. The van der Waals surface area contributed by atoms with Gasteiger partial charge in [-0.25, -0.2) is 4.98 Å². The number of hydrogen-bond donors (Lipinski definition) is 1. The Morgan fingerprint density at radius 2 is 1.95 bits per heavy atom. The minimum Gasteiger partial charge on any atom is -0.326 e. The number of anilines is 2. The van der Waals surface area contributed by atoms with Gasteiger partial charge in [0.1, 0.15) is 5.82 Å². The second kappa shape index (κ2) is 5.41. The number of aryl methyl sites for hydroxylation is 1. The van der Waals surface area contributed by atoms with Gasteiger partial charge in [0.05, 0.1) is 5.69 Å². The summed E-state index contributed by atoms with van der Waals surface area (Å²) in [6.45, 7) is 1.52. The molecule has 0 spiro atoms. The van der Waals surface area contributed by atoms with Crippen LogP contribution in [0, 0.1) is 0 Å². The number of benzene rings is 1. The molecule has 19 heavy (non-hydrogen) atoms. The monoisotopic (exact) mass is 253 g/mol. The van der Waals surface area contributed by atoms with Crippen LogP contribution >= 0.6 is 0 Å². The number of hydrogen-bond acceptors (Lipinski definition) is 3. The lowest BCUT2D eigenvalue weighted by Crippen LogP contribution is -2.19. The van der Waals surface area contributed by atoms with Gasteiger partial charge in [-0.2, -0.15) is 0 Å². The van der Waals surface area contributed by atoms with E-state index in [0.717, 1.165) is 24.5 Å². The molecule has 1 aromatic heterocycles. The van der Waals surface area contributed by atoms with E-state index in [-0.39, 0.29) is 0 Å². The van der Waals surface area contributed by atoms with Crippen molar-refractivity contribution in [2.75, 3.05) is 11.4 Å². The largest absolute Gasteiger partial charge is 0.326 e. The van der Waals surface area contributed by atoms with Crippen molar-refractivity contribution in [3.8, 4) is 0 Å². The SMILES string of the molecule is NCc1cccc(N2CCCCc3ccccc32)n1. The van der Waals surface area contributed by atoms with Crippen LogP contribution in [0.25, 0.3) is 0 Å². The van der Waals surface area contributed by atoms with E-state index in [4.69, 9.17) is 5.73 Å². The van der Waals surface area contributed by atoms with E-state index >= 15 is 0 Å².